The molecule has 46 heavy (non-hydrogen) atoms. The number of nitrogens with one attached hydrogen (secondary N) is 1. The number of likely N-dealkylation sites (tertiary alicyclic amines) is 1. The third-order valence-electron chi connectivity index (χ3n) is 7.73. The van der Waals surface area contributed by atoms with Crippen LogP contribution in [0.2, 0.25) is 0 Å². The molecule has 2 aliphatic rings. The van der Waals surface area contributed by atoms with Crippen molar-refractivity contribution >= 4 is 39.4 Å². The van der Waals surface area contributed by atoms with Crippen LogP contribution in [0.1, 0.15) is 62.1 Å². The zero-order valence-corrected chi connectivity index (χ0v) is 26.6. The first-order valence-corrected chi connectivity index (χ1v) is 16.9. The summed E-state index contributed by atoms with van der Waals surface area (Å²) < 4.78 is 81.3. The number of piperidine rings is 1. The number of ether oxygens (including phenoxy) is 2. The van der Waals surface area contributed by atoms with Crippen LogP contribution < -0.4 is 14.8 Å². The van der Waals surface area contributed by atoms with Gasteiger partial charge in [0.15, 0.2) is 5.75 Å². The standard InChI is InChI=1S/C32H40F3N5O5S/c1-2-44-30(41)22-46(42,43)40(17-7-9-23-8-6-10-24(20-23)31(36)37)25-12-13-28(27(21-25)32(33,34)35)45-26-14-18-39(19-15-26)29-11-4-3-5-16-38-29/h6-10,12-13,20-21,26H,2-5,11,14-19,22H2,1H3,(H3,36,37)/b9-7+. The maximum Gasteiger partial charge on any atom is 0.420 e. The average Bonchev–Trinajstić information content (AvgIpc) is 3.29. The van der Waals surface area contributed by atoms with Gasteiger partial charge in [0.1, 0.15) is 17.7 Å². The number of sulfonamides is 1. The third-order valence-corrected chi connectivity index (χ3v) is 9.36. The number of alkyl halides is 3. The van der Waals surface area contributed by atoms with E-state index in [1.807, 2.05) is 0 Å². The molecule has 0 aliphatic carbocycles. The van der Waals surface area contributed by atoms with E-state index in [0.717, 1.165) is 54.5 Å². The highest BCUT2D eigenvalue weighted by molar-refractivity contribution is 7.93. The maximum atomic E-state index is 14.4. The zero-order chi connectivity index (χ0) is 33.3. The van der Waals surface area contributed by atoms with Gasteiger partial charge in [-0.25, -0.2) is 8.42 Å². The number of nitrogens with two attached hydrogens (primary N) is 1. The molecule has 0 bridgehead atoms. The molecule has 10 nitrogen and oxygen atoms in total. The lowest BCUT2D eigenvalue weighted by Crippen LogP contribution is -2.42. The Morgan fingerprint density at radius 3 is 2.61 bits per heavy atom. The molecule has 3 N–H and O–H groups in total. The van der Waals surface area contributed by atoms with Gasteiger partial charge >= 0.3 is 12.1 Å². The molecular formula is C32H40F3N5O5S. The van der Waals surface area contributed by atoms with Crippen molar-refractivity contribution in [3.63, 3.8) is 0 Å². The molecule has 0 atom stereocenters. The highest BCUT2D eigenvalue weighted by atomic mass is 32.2. The maximum absolute atomic E-state index is 14.4. The number of hydrogen-bond acceptors (Lipinski definition) is 8. The van der Waals surface area contributed by atoms with Crippen molar-refractivity contribution in [2.24, 2.45) is 10.7 Å². The van der Waals surface area contributed by atoms with E-state index in [1.54, 1.807) is 30.3 Å². The zero-order valence-electron chi connectivity index (χ0n) is 25.8. The van der Waals surface area contributed by atoms with Crippen molar-refractivity contribution in [1.29, 1.82) is 5.41 Å². The number of aliphatic imine (C=N–C) groups is 1. The van der Waals surface area contributed by atoms with Gasteiger partial charge < -0.3 is 20.1 Å². The molecule has 14 heteroatoms. The van der Waals surface area contributed by atoms with Gasteiger partial charge in [0, 0.05) is 44.5 Å². The number of nitrogens with zero attached hydrogens (tertiary/aromatic N) is 3. The lowest BCUT2D eigenvalue weighted by atomic mass is 10.1. The Hall–Kier alpha value is -4.07. The second kappa shape index (κ2) is 15.5. The van der Waals surface area contributed by atoms with Crippen LogP contribution in [0, 0.1) is 5.41 Å². The summed E-state index contributed by atoms with van der Waals surface area (Å²) in [6.07, 6.45) is 2.91. The molecular weight excluding hydrogens is 623 g/mol. The second-order valence-electron chi connectivity index (χ2n) is 11.1. The SMILES string of the molecule is CCOC(=O)CS(=O)(=O)N(C/C=C/c1cccc(C(=N)N)c1)c1ccc(OC2CCN(C3=NCCCCC3)CC2)c(C(F)(F)F)c1. The molecule has 4 rings (SSSR count). The number of benzene rings is 2. The van der Waals surface area contributed by atoms with E-state index in [2.05, 4.69) is 9.89 Å². The fourth-order valence-corrected chi connectivity index (χ4v) is 6.71. The summed E-state index contributed by atoms with van der Waals surface area (Å²) in [6.45, 7) is 3.13. The molecule has 250 valence electrons. The number of amidine groups is 2. The minimum atomic E-state index is -4.85. The Kier molecular flexibility index (Phi) is 11.7. The van der Waals surface area contributed by atoms with E-state index in [9.17, 15) is 26.4 Å². The van der Waals surface area contributed by atoms with Crippen molar-refractivity contribution in [2.75, 3.05) is 42.8 Å². The topological polar surface area (TPSA) is 138 Å². The highest BCUT2D eigenvalue weighted by Gasteiger charge is 2.37. The molecule has 2 aromatic carbocycles. The highest BCUT2D eigenvalue weighted by Crippen LogP contribution is 2.40. The number of carbonyl (C=O) groups is 1. The molecule has 1 saturated heterocycles. The summed E-state index contributed by atoms with van der Waals surface area (Å²) in [7, 11) is -4.47. The fourth-order valence-electron chi connectivity index (χ4n) is 5.43. The van der Waals surface area contributed by atoms with Crippen LogP contribution in [-0.2, 0) is 25.7 Å². The van der Waals surface area contributed by atoms with E-state index in [-0.39, 0.29) is 30.4 Å². The predicted molar refractivity (Wildman–Crippen MR) is 172 cm³/mol. The van der Waals surface area contributed by atoms with E-state index in [1.165, 1.54) is 19.1 Å². The smallest absolute Gasteiger partial charge is 0.420 e. The van der Waals surface area contributed by atoms with Gasteiger partial charge in [0.25, 0.3) is 0 Å². The molecule has 0 amide bonds. The van der Waals surface area contributed by atoms with Crippen molar-refractivity contribution < 1.29 is 35.9 Å². The van der Waals surface area contributed by atoms with Gasteiger partial charge in [0.2, 0.25) is 10.0 Å². The number of carbonyl (C=O) groups excluding carboxylic acids is 1. The van der Waals surface area contributed by atoms with Crippen LogP contribution in [0.25, 0.3) is 6.08 Å². The van der Waals surface area contributed by atoms with Crippen LogP contribution in [0.5, 0.6) is 5.75 Å². The molecule has 0 spiro atoms. The summed E-state index contributed by atoms with van der Waals surface area (Å²) in [4.78, 5) is 19.0. The fraction of sp³-hybridized carbons (Fsp3) is 0.469. The summed E-state index contributed by atoms with van der Waals surface area (Å²) in [5.74, 6) is -1.57. The number of esters is 1. The van der Waals surface area contributed by atoms with Crippen LogP contribution in [-0.4, -0.2) is 75.6 Å². The van der Waals surface area contributed by atoms with Crippen LogP contribution in [0.4, 0.5) is 18.9 Å². The van der Waals surface area contributed by atoms with Gasteiger partial charge in [-0.2, -0.15) is 13.2 Å². The molecule has 2 heterocycles. The summed E-state index contributed by atoms with van der Waals surface area (Å²) in [6, 6.07) is 9.71. The first-order chi connectivity index (χ1) is 21.9. The Bertz CT molecular complexity index is 1550. The summed E-state index contributed by atoms with van der Waals surface area (Å²) in [5.41, 5.74) is 5.18. The van der Waals surface area contributed by atoms with E-state index in [4.69, 9.17) is 20.6 Å². The van der Waals surface area contributed by atoms with Gasteiger partial charge in [-0.1, -0.05) is 36.8 Å². The van der Waals surface area contributed by atoms with Crippen LogP contribution in [0.3, 0.4) is 0 Å². The van der Waals surface area contributed by atoms with Crippen LogP contribution in [0.15, 0.2) is 53.5 Å². The lowest BCUT2D eigenvalue weighted by molar-refractivity contribution is -0.140. The normalized spacial score (nSPS) is 16.5. The second-order valence-corrected chi connectivity index (χ2v) is 13.0. The van der Waals surface area contributed by atoms with Gasteiger partial charge in [-0.05, 0) is 49.6 Å². The monoisotopic (exact) mass is 663 g/mol. The first kappa shape index (κ1) is 34.8. The van der Waals surface area contributed by atoms with Crippen molar-refractivity contribution in [1.82, 2.24) is 4.90 Å². The predicted octanol–water partition coefficient (Wildman–Crippen LogP) is 5.22. The number of nitrogen functional groups attached to an aromatic ring is 1. The number of halogens is 3. The third kappa shape index (κ3) is 9.47. The summed E-state index contributed by atoms with van der Waals surface area (Å²) in [5, 5.41) is 7.61. The molecule has 0 unspecified atom stereocenters. The minimum absolute atomic E-state index is 0.0575. The lowest BCUT2D eigenvalue weighted by Gasteiger charge is -2.34. The van der Waals surface area contributed by atoms with E-state index in [0.29, 0.717) is 37.1 Å². The molecule has 0 saturated carbocycles. The Labute approximate surface area is 267 Å². The summed E-state index contributed by atoms with van der Waals surface area (Å²) >= 11 is 0. The Balaban J connectivity index is 1.58. The molecule has 2 aromatic rings. The van der Waals surface area contributed by atoms with Crippen LogP contribution >= 0.6 is 0 Å². The molecule has 0 radical (unpaired) electrons. The van der Waals surface area contributed by atoms with Gasteiger partial charge in [-0.15, -0.1) is 0 Å². The molecule has 0 aromatic heterocycles. The number of anilines is 1. The van der Waals surface area contributed by atoms with Crippen molar-refractivity contribution in [2.45, 2.75) is 57.7 Å². The van der Waals surface area contributed by atoms with Gasteiger partial charge in [0.05, 0.1) is 30.2 Å². The number of rotatable bonds is 11. The quantitative estimate of drug-likeness (QED) is 0.191. The largest absolute Gasteiger partial charge is 0.490 e. The van der Waals surface area contributed by atoms with Gasteiger partial charge in [-0.3, -0.25) is 19.5 Å². The number of hydrogen-bond donors (Lipinski definition) is 2. The molecule has 2 aliphatic heterocycles. The first-order valence-electron chi connectivity index (χ1n) is 15.3. The Morgan fingerprint density at radius 1 is 1.15 bits per heavy atom. The van der Waals surface area contributed by atoms with Crippen molar-refractivity contribution in [3.8, 4) is 5.75 Å². The average molecular weight is 664 g/mol. The molecule has 1 fully saturated rings. The van der Waals surface area contributed by atoms with Crippen molar-refractivity contribution in [3.05, 3.63) is 65.2 Å². The van der Waals surface area contributed by atoms with E-state index < -0.39 is 39.6 Å². The Morgan fingerprint density at radius 2 is 1.91 bits per heavy atom. The minimum Gasteiger partial charge on any atom is -0.490 e. The van der Waals surface area contributed by atoms with E-state index >= 15 is 0 Å².